The molecule has 19 heavy (non-hydrogen) atoms. The first-order valence-corrected chi connectivity index (χ1v) is 7.01. The lowest BCUT2D eigenvalue weighted by molar-refractivity contribution is -0.105. The van der Waals surface area contributed by atoms with Gasteiger partial charge in [0.2, 0.25) is 0 Å². The van der Waals surface area contributed by atoms with Crippen LogP contribution in [0.3, 0.4) is 0 Å². The molecule has 1 aliphatic heterocycles. The Bertz CT molecular complexity index is 357. The topological polar surface area (TPSA) is 47.9 Å². The van der Waals surface area contributed by atoms with Gasteiger partial charge in [0.25, 0.3) is 0 Å². The van der Waals surface area contributed by atoms with Crippen LogP contribution in [-0.2, 0) is 4.74 Å². The second-order valence-electron chi connectivity index (χ2n) is 4.75. The molecule has 2 unspecified atom stereocenters. The van der Waals surface area contributed by atoms with Crippen molar-refractivity contribution in [3.8, 4) is 11.5 Å². The number of hydrogen-bond acceptors (Lipinski definition) is 4. The summed E-state index contributed by atoms with van der Waals surface area (Å²) in [6.45, 7) is 2.78. The molecule has 1 heterocycles. The molecule has 1 aromatic rings. The molecule has 0 radical (unpaired) electrons. The summed E-state index contributed by atoms with van der Waals surface area (Å²) in [6, 6.07) is 7.28. The SMILES string of the molecule is CCCC(O)Oc1ccc(OC2CCCCO2)cc1. The molecule has 0 amide bonds. The van der Waals surface area contributed by atoms with Crippen molar-refractivity contribution in [2.45, 2.75) is 51.6 Å². The second-order valence-corrected chi connectivity index (χ2v) is 4.75. The zero-order valence-corrected chi connectivity index (χ0v) is 11.4. The Morgan fingerprint density at radius 2 is 2.00 bits per heavy atom. The number of aliphatic hydroxyl groups is 1. The highest BCUT2D eigenvalue weighted by atomic mass is 16.7. The van der Waals surface area contributed by atoms with Crippen molar-refractivity contribution in [3.63, 3.8) is 0 Å². The van der Waals surface area contributed by atoms with Crippen LogP contribution in [-0.4, -0.2) is 24.3 Å². The molecule has 0 spiro atoms. The molecule has 0 saturated carbocycles. The highest BCUT2D eigenvalue weighted by molar-refractivity contribution is 5.31. The highest BCUT2D eigenvalue weighted by Crippen LogP contribution is 2.22. The summed E-state index contributed by atoms with van der Waals surface area (Å²) in [5.74, 6) is 1.42. The molecule has 2 atom stereocenters. The predicted octanol–water partition coefficient (Wildman–Crippen LogP) is 3.09. The largest absolute Gasteiger partial charge is 0.465 e. The fraction of sp³-hybridized carbons (Fsp3) is 0.600. The smallest absolute Gasteiger partial charge is 0.199 e. The van der Waals surface area contributed by atoms with Gasteiger partial charge in [-0.15, -0.1) is 0 Å². The molecule has 0 aromatic heterocycles. The van der Waals surface area contributed by atoms with Crippen LogP contribution in [0.15, 0.2) is 24.3 Å². The van der Waals surface area contributed by atoms with Gasteiger partial charge in [0.15, 0.2) is 12.6 Å². The maximum atomic E-state index is 9.56. The van der Waals surface area contributed by atoms with E-state index in [1.54, 1.807) is 12.1 Å². The summed E-state index contributed by atoms with van der Waals surface area (Å²) in [4.78, 5) is 0. The van der Waals surface area contributed by atoms with Gasteiger partial charge in [-0.05, 0) is 37.1 Å². The summed E-state index contributed by atoms with van der Waals surface area (Å²) < 4.78 is 16.6. The van der Waals surface area contributed by atoms with Crippen molar-refractivity contribution in [1.82, 2.24) is 0 Å². The molecule has 0 bridgehead atoms. The first-order valence-electron chi connectivity index (χ1n) is 7.01. The third-order valence-corrected chi connectivity index (χ3v) is 3.04. The minimum absolute atomic E-state index is 0.133. The maximum Gasteiger partial charge on any atom is 0.199 e. The van der Waals surface area contributed by atoms with Crippen LogP contribution >= 0.6 is 0 Å². The Morgan fingerprint density at radius 1 is 1.26 bits per heavy atom. The van der Waals surface area contributed by atoms with Crippen molar-refractivity contribution in [2.75, 3.05) is 6.61 Å². The van der Waals surface area contributed by atoms with Crippen molar-refractivity contribution in [2.24, 2.45) is 0 Å². The molecule has 0 aliphatic carbocycles. The first kappa shape index (κ1) is 14.2. The molecule has 1 aliphatic rings. The van der Waals surface area contributed by atoms with E-state index in [4.69, 9.17) is 14.2 Å². The van der Waals surface area contributed by atoms with E-state index >= 15 is 0 Å². The van der Waals surface area contributed by atoms with E-state index in [2.05, 4.69) is 0 Å². The Balaban J connectivity index is 1.83. The molecular weight excluding hydrogens is 244 g/mol. The number of hydrogen-bond donors (Lipinski definition) is 1. The highest BCUT2D eigenvalue weighted by Gasteiger charge is 2.15. The van der Waals surface area contributed by atoms with Crippen molar-refractivity contribution >= 4 is 0 Å². The average Bonchev–Trinajstić information content (AvgIpc) is 2.42. The maximum absolute atomic E-state index is 9.56. The second kappa shape index (κ2) is 7.36. The molecule has 1 aromatic carbocycles. The van der Waals surface area contributed by atoms with E-state index < -0.39 is 6.29 Å². The van der Waals surface area contributed by atoms with Crippen LogP contribution in [0.25, 0.3) is 0 Å². The number of rotatable bonds is 6. The fourth-order valence-electron chi connectivity index (χ4n) is 2.02. The fourth-order valence-corrected chi connectivity index (χ4v) is 2.02. The van der Waals surface area contributed by atoms with Gasteiger partial charge in [0, 0.05) is 12.8 Å². The Hall–Kier alpha value is -1.26. The Kier molecular flexibility index (Phi) is 5.48. The number of ether oxygens (including phenoxy) is 3. The minimum Gasteiger partial charge on any atom is -0.465 e. The summed E-state index contributed by atoms with van der Waals surface area (Å²) in [6.07, 6.45) is 3.85. The molecule has 2 rings (SSSR count). The Labute approximate surface area is 114 Å². The van der Waals surface area contributed by atoms with Gasteiger partial charge in [-0.3, -0.25) is 0 Å². The lowest BCUT2D eigenvalue weighted by Crippen LogP contribution is -2.24. The molecule has 106 valence electrons. The van der Waals surface area contributed by atoms with Gasteiger partial charge in [-0.1, -0.05) is 13.3 Å². The van der Waals surface area contributed by atoms with Crippen LogP contribution in [0.4, 0.5) is 0 Å². The third-order valence-electron chi connectivity index (χ3n) is 3.04. The van der Waals surface area contributed by atoms with Crippen LogP contribution in [0.5, 0.6) is 11.5 Å². The zero-order chi connectivity index (χ0) is 13.5. The average molecular weight is 266 g/mol. The normalized spacial score (nSPS) is 20.8. The van der Waals surface area contributed by atoms with Gasteiger partial charge in [-0.25, -0.2) is 0 Å². The molecule has 4 heteroatoms. The van der Waals surface area contributed by atoms with E-state index in [-0.39, 0.29) is 6.29 Å². The van der Waals surface area contributed by atoms with Crippen LogP contribution in [0.2, 0.25) is 0 Å². The summed E-state index contributed by atoms with van der Waals surface area (Å²) in [7, 11) is 0. The van der Waals surface area contributed by atoms with E-state index in [1.165, 1.54) is 0 Å². The predicted molar refractivity (Wildman–Crippen MR) is 72.2 cm³/mol. The molecule has 1 fully saturated rings. The molecule has 1 N–H and O–H groups in total. The van der Waals surface area contributed by atoms with E-state index in [0.717, 1.165) is 38.0 Å². The van der Waals surface area contributed by atoms with Crippen LogP contribution in [0, 0.1) is 0 Å². The quantitative estimate of drug-likeness (QED) is 0.804. The number of benzene rings is 1. The standard InChI is InChI=1S/C15H22O4/c1-2-5-14(16)18-12-7-9-13(10-8-12)19-15-6-3-4-11-17-15/h7-10,14-16H,2-6,11H2,1H3. The van der Waals surface area contributed by atoms with Crippen molar-refractivity contribution in [1.29, 1.82) is 0 Å². The Morgan fingerprint density at radius 3 is 2.63 bits per heavy atom. The van der Waals surface area contributed by atoms with Gasteiger partial charge >= 0.3 is 0 Å². The number of aliphatic hydroxyl groups excluding tert-OH is 1. The molecule has 4 nitrogen and oxygen atoms in total. The van der Waals surface area contributed by atoms with Crippen molar-refractivity contribution in [3.05, 3.63) is 24.3 Å². The van der Waals surface area contributed by atoms with Crippen LogP contribution in [0.1, 0.15) is 39.0 Å². The summed E-state index contributed by atoms with van der Waals surface area (Å²) >= 11 is 0. The molecular formula is C15H22O4. The first-order chi connectivity index (χ1) is 9.28. The van der Waals surface area contributed by atoms with Gasteiger partial charge in [0.05, 0.1) is 6.61 Å². The monoisotopic (exact) mass is 266 g/mol. The van der Waals surface area contributed by atoms with Gasteiger partial charge in [-0.2, -0.15) is 0 Å². The lowest BCUT2D eigenvalue weighted by Gasteiger charge is -2.23. The molecule has 1 saturated heterocycles. The van der Waals surface area contributed by atoms with Crippen molar-refractivity contribution < 1.29 is 19.3 Å². The third kappa shape index (κ3) is 4.73. The van der Waals surface area contributed by atoms with Gasteiger partial charge < -0.3 is 19.3 Å². The summed E-state index contributed by atoms with van der Waals surface area (Å²) in [5, 5.41) is 9.56. The minimum atomic E-state index is -0.738. The van der Waals surface area contributed by atoms with E-state index in [1.807, 2.05) is 19.1 Å². The van der Waals surface area contributed by atoms with Gasteiger partial charge in [0.1, 0.15) is 11.5 Å². The van der Waals surface area contributed by atoms with E-state index in [9.17, 15) is 5.11 Å². The van der Waals surface area contributed by atoms with Crippen LogP contribution < -0.4 is 9.47 Å². The zero-order valence-electron chi connectivity index (χ0n) is 11.4. The summed E-state index contributed by atoms with van der Waals surface area (Å²) in [5.41, 5.74) is 0. The van der Waals surface area contributed by atoms with E-state index in [0.29, 0.717) is 12.2 Å². The lowest BCUT2D eigenvalue weighted by atomic mass is 10.2.